The zero-order valence-corrected chi connectivity index (χ0v) is 9.16. The number of ether oxygens (including phenoxy) is 2. The summed E-state index contributed by atoms with van der Waals surface area (Å²) in [6.07, 6.45) is -0.312. The number of rotatable bonds is 3. The summed E-state index contributed by atoms with van der Waals surface area (Å²) in [4.78, 5) is 13.7. The first kappa shape index (κ1) is 11.5. The minimum Gasteiger partial charge on any atom is -0.378 e. The van der Waals surface area contributed by atoms with Gasteiger partial charge in [-0.05, 0) is 5.92 Å². The molecule has 0 N–H and O–H groups in total. The van der Waals surface area contributed by atoms with Gasteiger partial charge in [0.05, 0.1) is 13.2 Å². The lowest BCUT2D eigenvalue weighted by Crippen LogP contribution is -2.47. The molecule has 1 unspecified atom stereocenters. The maximum atomic E-state index is 11.9. The fraction of sp³-hybridized carbons (Fsp3) is 0.900. The molecule has 4 nitrogen and oxygen atoms in total. The molecule has 0 aliphatic carbocycles. The number of carbonyl (C=O) groups is 1. The maximum Gasteiger partial charge on any atom is 0.252 e. The topological polar surface area (TPSA) is 38.8 Å². The van der Waals surface area contributed by atoms with E-state index in [0.29, 0.717) is 26.3 Å². The summed E-state index contributed by atoms with van der Waals surface area (Å²) in [6, 6.07) is 0. The smallest absolute Gasteiger partial charge is 0.252 e. The van der Waals surface area contributed by atoms with Crippen molar-refractivity contribution >= 4 is 5.91 Å². The molecule has 1 heterocycles. The Balaban J connectivity index is 2.52. The zero-order valence-electron chi connectivity index (χ0n) is 9.16. The molecule has 4 heteroatoms. The molecule has 1 aliphatic rings. The standard InChI is InChI=1S/C10H19NO3/c1-8(2)9(13-3)10(12)11-4-6-14-7-5-11/h8-9H,4-7H2,1-3H3. The van der Waals surface area contributed by atoms with E-state index < -0.39 is 0 Å². The maximum absolute atomic E-state index is 11.9. The van der Waals surface area contributed by atoms with E-state index in [9.17, 15) is 4.79 Å². The molecule has 0 aromatic rings. The van der Waals surface area contributed by atoms with Crippen LogP contribution in [-0.4, -0.2) is 50.3 Å². The van der Waals surface area contributed by atoms with Gasteiger partial charge in [0.1, 0.15) is 6.10 Å². The van der Waals surface area contributed by atoms with Gasteiger partial charge in [0.15, 0.2) is 0 Å². The average molecular weight is 201 g/mol. The number of hydrogen-bond donors (Lipinski definition) is 0. The van der Waals surface area contributed by atoms with Crippen LogP contribution in [0.5, 0.6) is 0 Å². The van der Waals surface area contributed by atoms with Crippen molar-refractivity contribution in [2.75, 3.05) is 33.4 Å². The van der Waals surface area contributed by atoms with E-state index in [0.717, 1.165) is 0 Å². The van der Waals surface area contributed by atoms with Gasteiger partial charge in [-0.1, -0.05) is 13.8 Å². The molecular formula is C10H19NO3. The van der Waals surface area contributed by atoms with Crippen LogP contribution in [-0.2, 0) is 14.3 Å². The van der Waals surface area contributed by atoms with E-state index in [4.69, 9.17) is 9.47 Å². The molecule has 0 saturated carbocycles. The van der Waals surface area contributed by atoms with Crippen LogP contribution in [0.2, 0.25) is 0 Å². The van der Waals surface area contributed by atoms with Crippen molar-refractivity contribution in [3.8, 4) is 0 Å². The molecule has 82 valence electrons. The second-order valence-electron chi connectivity index (χ2n) is 3.84. The second kappa shape index (κ2) is 5.32. The summed E-state index contributed by atoms with van der Waals surface area (Å²) < 4.78 is 10.4. The van der Waals surface area contributed by atoms with Gasteiger partial charge in [0.2, 0.25) is 0 Å². The Bertz CT molecular complexity index is 188. The van der Waals surface area contributed by atoms with Crippen molar-refractivity contribution in [2.45, 2.75) is 20.0 Å². The van der Waals surface area contributed by atoms with Crippen LogP contribution < -0.4 is 0 Å². The lowest BCUT2D eigenvalue weighted by Gasteiger charge is -2.31. The lowest BCUT2D eigenvalue weighted by atomic mass is 10.1. The van der Waals surface area contributed by atoms with Gasteiger partial charge in [-0.3, -0.25) is 4.79 Å². The number of nitrogens with zero attached hydrogens (tertiary/aromatic N) is 1. The molecule has 0 aromatic carbocycles. The predicted molar refractivity (Wildman–Crippen MR) is 53.0 cm³/mol. The number of hydrogen-bond acceptors (Lipinski definition) is 3. The van der Waals surface area contributed by atoms with Crippen LogP contribution in [0.15, 0.2) is 0 Å². The fourth-order valence-electron chi connectivity index (χ4n) is 1.62. The van der Waals surface area contributed by atoms with Gasteiger partial charge in [-0.2, -0.15) is 0 Å². The molecule has 0 spiro atoms. The van der Waals surface area contributed by atoms with Crippen LogP contribution in [0.1, 0.15) is 13.8 Å². The van der Waals surface area contributed by atoms with Crippen LogP contribution in [0.25, 0.3) is 0 Å². The molecular weight excluding hydrogens is 182 g/mol. The largest absolute Gasteiger partial charge is 0.378 e. The Kier molecular flexibility index (Phi) is 4.35. The van der Waals surface area contributed by atoms with Crippen molar-refractivity contribution in [3.63, 3.8) is 0 Å². The molecule has 0 bridgehead atoms. The van der Waals surface area contributed by atoms with Crippen molar-refractivity contribution in [1.82, 2.24) is 4.90 Å². The summed E-state index contributed by atoms with van der Waals surface area (Å²) in [5, 5.41) is 0. The normalized spacial score (nSPS) is 19.9. The van der Waals surface area contributed by atoms with Crippen molar-refractivity contribution in [1.29, 1.82) is 0 Å². The minimum atomic E-state index is -0.312. The van der Waals surface area contributed by atoms with Crippen molar-refractivity contribution in [2.24, 2.45) is 5.92 Å². The first-order valence-electron chi connectivity index (χ1n) is 5.06. The van der Waals surface area contributed by atoms with Gasteiger partial charge in [0.25, 0.3) is 5.91 Å². The van der Waals surface area contributed by atoms with Crippen LogP contribution >= 0.6 is 0 Å². The number of amides is 1. The van der Waals surface area contributed by atoms with Crippen LogP contribution in [0, 0.1) is 5.92 Å². The quantitative estimate of drug-likeness (QED) is 0.668. The van der Waals surface area contributed by atoms with Gasteiger partial charge < -0.3 is 14.4 Å². The first-order valence-corrected chi connectivity index (χ1v) is 5.06. The van der Waals surface area contributed by atoms with E-state index >= 15 is 0 Å². The molecule has 14 heavy (non-hydrogen) atoms. The van der Waals surface area contributed by atoms with E-state index in [1.807, 2.05) is 18.7 Å². The monoisotopic (exact) mass is 201 g/mol. The molecule has 1 fully saturated rings. The van der Waals surface area contributed by atoms with Gasteiger partial charge in [-0.25, -0.2) is 0 Å². The van der Waals surface area contributed by atoms with Crippen molar-refractivity contribution < 1.29 is 14.3 Å². The number of carbonyl (C=O) groups excluding carboxylic acids is 1. The third kappa shape index (κ3) is 2.69. The number of morpholine rings is 1. The number of methoxy groups -OCH3 is 1. The van der Waals surface area contributed by atoms with Crippen molar-refractivity contribution in [3.05, 3.63) is 0 Å². The second-order valence-corrected chi connectivity index (χ2v) is 3.84. The Hall–Kier alpha value is -0.610. The third-order valence-corrected chi connectivity index (χ3v) is 2.43. The van der Waals surface area contributed by atoms with Gasteiger partial charge in [-0.15, -0.1) is 0 Å². The third-order valence-electron chi connectivity index (χ3n) is 2.43. The summed E-state index contributed by atoms with van der Waals surface area (Å²) in [7, 11) is 1.59. The van der Waals surface area contributed by atoms with E-state index in [2.05, 4.69) is 0 Å². The highest BCUT2D eigenvalue weighted by molar-refractivity contribution is 5.81. The highest BCUT2D eigenvalue weighted by Crippen LogP contribution is 2.10. The SMILES string of the molecule is COC(C(=O)N1CCOCC1)C(C)C. The van der Waals surface area contributed by atoms with Gasteiger partial charge >= 0.3 is 0 Å². The average Bonchev–Trinajstić information content (AvgIpc) is 2.19. The molecule has 1 aliphatic heterocycles. The van der Waals surface area contributed by atoms with E-state index in [1.54, 1.807) is 7.11 Å². The fourth-order valence-corrected chi connectivity index (χ4v) is 1.62. The highest BCUT2D eigenvalue weighted by atomic mass is 16.5. The van der Waals surface area contributed by atoms with E-state index in [1.165, 1.54) is 0 Å². The summed E-state index contributed by atoms with van der Waals surface area (Å²) >= 11 is 0. The molecule has 1 rings (SSSR count). The Morgan fingerprint density at radius 2 is 1.93 bits per heavy atom. The summed E-state index contributed by atoms with van der Waals surface area (Å²) in [5.74, 6) is 0.307. The molecule has 1 saturated heterocycles. The molecule has 1 atom stereocenters. The molecule has 1 amide bonds. The molecule has 0 aromatic heterocycles. The first-order chi connectivity index (χ1) is 6.66. The predicted octanol–water partition coefficient (Wildman–Crippen LogP) is 0.516. The van der Waals surface area contributed by atoms with Crippen LogP contribution in [0.3, 0.4) is 0 Å². The lowest BCUT2D eigenvalue weighted by molar-refractivity contribution is -0.148. The minimum absolute atomic E-state index is 0.0887. The Morgan fingerprint density at radius 3 is 2.36 bits per heavy atom. The molecule has 0 radical (unpaired) electrons. The summed E-state index contributed by atoms with van der Waals surface area (Å²) in [5.41, 5.74) is 0. The Morgan fingerprint density at radius 1 is 1.36 bits per heavy atom. The van der Waals surface area contributed by atoms with E-state index in [-0.39, 0.29) is 17.9 Å². The van der Waals surface area contributed by atoms with Gasteiger partial charge in [0, 0.05) is 20.2 Å². The highest BCUT2D eigenvalue weighted by Gasteiger charge is 2.27. The Labute approximate surface area is 85.2 Å². The van der Waals surface area contributed by atoms with Crippen LogP contribution in [0.4, 0.5) is 0 Å². The zero-order chi connectivity index (χ0) is 10.6. The summed E-state index contributed by atoms with van der Waals surface area (Å²) in [6.45, 7) is 6.64.